The maximum absolute atomic E-state index is 10.8. The molecule has 0 amide bonds. The summed E-state index contributed by atoms with van der Waals surface area (Å²) in [4.78, 5) is 0. The van der Waals surface area contributed by atoms with Crippen LogP contribution in [0.2, 0.25) is 18.1 Å². The topological polar surface area (TPSA) is 47.9 Å². The zero-order chi connectivity index (χ0) is 24.7. The number of rotatable bonds is 6. The number of hydrogen-bond donors (Lipinski definition) is 1. The molecule has 1 N–H and O–H groups in total. The van der Waals surface area contributed by atoms with Gasteiger partial charge in [-0.25, -0.2) is 0 Å². The molecule has 3 aliphatic rings. The van der Waals surface area contributed by atoms with Gasteiger partial charge in [-0.3, -0.25) is 0 Å². The van der Waals surface area contributed by atoms with E-state index in [0.717, 1.165) is 32.5 Å². The molecule has 1 aliphatic heterocycles. The lowest BCUT2D eigenvalue weighted by Crippen LogP contribution is -2.47. The molecule has 5 heteroatoms. The summed E-state index contributed by atoms with van der Waals surface area (Å²) in [6.45, 7) is 21.4. The van der Waals surface area contributed by atoms with E-state index in [2.05, 4.69) is 72.6 Å². The minimum absolute atomic E-state index is 0.0812. The molecule has 2 saturated carbocycles. The van der Waals surface area contributed by atoms with Gasteiger partial charge in [0.15, 0.2) is 14.1 Å². The Hall–Kier alpha value is -0.643. The zero-order valence-electron chi connectivity index (χ0n) is 22.5. The van der Waals surface area contributed by atoms with Crippen LogP contribution < -0.4 is 0 Å². The van der Waals surface area contributed by atoms with Gasteiger partial charge < -0.3 is 19.0 Å². The lowest BCUT2D eigenvalue weighted by molar-refractivity contribution is -0.298. The van der Waals surface area contributed by atoms with E-state index >= 15 is 0 Å². The van der Waals surface area contributed by atoms with Crippen molar-refractivity contribution in [3.63, 3.8) is 0 Å². The number of aliphatic hydroxyl groups is 1. The second-order valence-corrected chi connectivity index (χ2v) is 18.0. The molecule has 1 spiro atoms. The summed E-state index contributed by atoms with van der Waals surface area (Å²) in [7, 11) is -1.90. The fourth-order valence-corrected chi connectivity index (χ4v) is 6.70. The van der Waals surface area contributed by atoms with Gasteiger partial charge in [-0.05, 0) is 49.2 Å². The molecule has 0 aromatic heterocycles. The highest BCUT2D eigenvalue weighted by molar-refractivity contribution is 6.74. The van der Waals surface area contributed by atoms with Gasteiger partial charge in [0.1, 0.15) is 0 Å². The van der Waals surface area contributed by atoms with Gasteiger partial charge in [-0.15, -0.1) is 11.8 Å². The van der Waals surface area contributed by atoms with Crippen molar-refractivity contribution in [2.24, 2.45) is 29.1 Å². The Morgan fingerprint density at radius 1 is 1.18 bits per heavy atom. The molecule has 0 radical (unpaired) electrons. The van der Waals surface area contributed by atoms with Crippen LogP contribution >= 0.6 is 0 Å². The largest absolute Gasteiger partial charge is 0.413 e. The van der Waals surface area contributed by atoms with E-state index in [4.69, 9.17) is 13.9 Å². The molecular weight excluding hydrogens is 428 g/mol. The molecule has 0 aromatic carbocycles. The second kappa shape index (κ2) is 9.78. The first-order chi connectivity index (χ1) is 15.2. The molecule has 1 saturated heterocycles. The summed E-state index contributed by atoms with van der Waals surface area (Å²) in [5.74, 6) is 7.02. The van der Waals surface area contributed by atoms with Crippen LogP contribution in [-0.4, -0.2) is 44.6 Å². The molecule has 188 valence electrons. The zero-order valence-corrected chi connectivity index (χ0v) is 23.5. The summed E-state index contributed by atoms with van der Waals surface area (Å²) in [6.07, 6.45) is 7.63. The molecule has 3 rings (SSSR count). The minimum atomic E-state index is -1.90. The monoisotopic (exact) mass is 476 g/mol. The van der Waals surface area contributed by atoms with E-state index in [-0.39, 0.29) is 28.4 Å². The molecular formula is C28H48O4Si. The predicted octanol–water partition coefficient (Wildman–Crippen LogP) is 6.16. The average molecular weight is 477 g/mol. The van der Waals surface area contributed by atoms with Crippen LogP contribution in [0.1, 0.15) is 74.1 Å². The summed E-state index contributed by atoms with van der Waals surface area (Å²) in [6, 6.07) is 0. The van der Waals surface area contributed by atoms with Gasteiger partial charge in [-0.2, -0.15) is 0 Å². The standard InChI is InChI=1S/C28H48O4Si/c1-10-11-12-20(2)24(29)14-13-22-23-17-28(30-18-27(6,7)19-31-28)16-21(23)15-25(22)32-33(8,9)26(3,4)5/h13-14,20-25,29H,12,15-19H2,1-9H3/t20?,21-,22-,23+,24-,25-/m1/s1. The van der Waals surface area contributed by atoms with Gasteiger partial charge in [-0.1, -0.05) is 53.7 Å². The molecule has 0 bridgehead atoms. The van der Waals surface area contributed by atoms with Crippen molar-refractivity contribution in [1.29, 1.82) is 0 Å². The first-order valence-corrected chi connectivity index (χ1v) is 15.8. The molecule has 33 heavy (non-hydrogen) atoms. The van der Waals surface area contributed by atoms with Gasteiger partial charge in [0.2, 0.25) is 0 Å². The van der Waals surface area contributed by atoms with Crippen LogP contribution in [0.3, 0.4) is 0 Å². The lowest BCUT2D eigenvalue weighted by atomic mass is 9.89. The van der Waals surface area contributed by atoms with Crippen LogP contribution in [0, 0.1) is 40.9 Å². The fourth-order valence-electron chi connectivity index (χ4n) is 5.34. The Morgan fingerprint density at radius 2 is 1.82 bits per heavy atom. The molecule has 4 nitrogen and oxygen atoms in total. The van der Waals surface area contributed by atoms with Crippen LogP contribution in [0.4, 0.5) is 0 Å². The number of aliphatic hydroxyl groups excluding tert-OH is 1. The summed E-state index contributed by atoms with van der Waals surface area (Å²) in [5.41, 5.74) is 0.0812. The molecule has 3 fully saturated rings. The molecule has 6 atom stereocenters. The fraction of sp³-hybridized carbons (Fsp3) is 0.857. The highest BCUT2D eigenvalue weighted by Crippen LogP contribution is 2.57. The Labute approximate surface area is 204 Å². The first-order valence-electron chi connectivity index (χ1n) is 12.9. The van der Waals surface area contributed by atoms with Crippen molar-refractivity contribution in [2.45, 2.75) is 110 Å². The first kappa shape index (κ1) is 27.0. The molecule has 1 unspecified atom stereocenters. The molecule has 2 aliphatic carbocycles. The van der Waals surface area contributed by atoms with Gasteiger partial charge in [0.05, 0.1) is 25.4 Å². The van der Waals surface area contributed by atoms with Gasteiger partial charge in [0, 0.05) is 30.6 Å². The Balaban J connectivity index is 1.78. The smallest absolute Gasteiger partial charge is 0.192 e. The van der Waals surface area contributed by atoms with Gasteiger partial charge >= 0.3 is 0 Å². The Bertz CT molecular complexity index is 759. The number of fused-ring (bicyclic) bond motifs is 1. The summed E-state index contributed by atoms with van der Waals surface area (Å²) < 4.78 is 19.7. The Morgan fingerprint density at radius 3 is 2.39 bits per heavy atom. The molecule has 1 heterocycles. The van der Waals surface area contributed by atoms with Crippen molar-refractivity contribution < 1.29 is 19.0 Å². The lowest BCUT2D eigenvalue weighted by Gasteiger charge is -2.43. The Kier molecular flexibility index (Phi) is 7.99. The van der Waals surface area contributed by atoms with E-state index in [1.54, 1.807) is 0 Å². The van der Waals surface area contributed by atoms with Crippen molar-refractivity contribution in [2.75, 3.05) is 13.2 Å². The van der Waals surface area contributed by atoms with Crippen molar-refractivity contribution in [3.8, 4) is 11.8 Å². The molecule has 0 aromatic rings. The predicted molar refractivity (Wildman–Crippen MR) is 137 cm³/mol. The number of ether oxygens (including phenoxy) is 2. The van der Waals surface area contributed by atoms with Crippen LogP contribution in [0.15, 0.2) is 12.2 Å². The highest BCUT2D eigenvalue weighted by Gasteiger charge is 2.58. The van der Waals surface area contributed by atoms with E-state index < -0.39 is 20.2 Å². The van der Waals surface area contributed by atoms with Gasteiger partial charge in [0.25, 0.3) is 0 Å². The number of hydrogen-bond acceptors (Lipinski definition) is 4. The SMILES string of the molecule is CC#CCC(C)[C@H](O)C=C[C@@H]1[C@H]2CC3(C[C@H]2C[C@H]1O[Si](C)(C)C(C)(C)C)OCC(C)(C)CO3. The highest BCUT2D eigenvalue weighted by atomic mass is 28.4. The van der Waals surface area contributed by atoms with E-state index in [0.29, 0.717) is 18.3 Å². The summed E-state index contributed by atoms with van der Waals surface area (Å²) >= 11 is 0. The third kappa shape index (κ3) is 6.14. The van der Waals surface area contributed by atoms with Crippen molar-refractivity contribution in [1.82, 2.24) is 0 Å². The van der Waals surface area contributed by atoms with E-state index in [1.807, 2.05) is 13.0 Å². The van der Waals surface area contributed by atoms with E-state index in [9.17, 15) is 5.11 Å². The van der Waals surface area contributed by atoms with E-state index in [1.165, 1.54) is 0 Å². The second-order valence-electron chi connectivity index (χ2n) is 13.2. The quantitative estimate of drug-likeness (QED) is 0.283. The average Bonchev–Trinajstić information content (AvgIpc) is 3.19. The van der Waals surface area contributed by atoms with Crippen LogP contribution in [-0.2, 0) is 13.9 Å². The van der Waals surface area contributed by atoms with Crippen LogP contribution in [0.5, 0.6) is 0 Å². The maximum Gasteiger partial charge on any atom is 0.192 e. The maximum atomic E-state index is 10.8. The van der Waals surface area contributed by atoms with Crippen molar-refractivity contribution >= 4 is 8.32 Å². The van der Waals surface area contributed by atoms with Crippen LogP contribution in [0.25, 0.3) is 0 Å². The third-order valence-electron chi connectivity index (χ3n) is 8.60. The third-order valence-corrected chi connectivity index (χ3v) is 13.1. The minimum Gasteiger partial charge on any atom is -0.413 e. The van der Waals surface area contributed by atoms with Crippen molar-refractivity contribution in [3.05, 3.63) is 12.2 Å². The summed E-state index contributed by atoms with van der Waals surface area (Å²) in [5, 5.41) is 10.9. The normalized spacial score (nSPS) is 33.0.